The molecule has 2 amide bonds. The summed E-state index contributed by atoms with van der Waals surface area (Å²) in [6.45, 7) is 0. The minimum Gasteiger partial charge on any atom is -0.478 e. The highest BCUT2D eigenvalue weighted by Crippen LogP contribution is 2.36. The number of fused-ring (bicyclic) bond motifs is 1. The van der Waals surface area contributed by atoms with Crippen molar-refractivity contribution in [2.45, 2.75) is 14.7 Å². The van der Waals surface area contributed by atoms with Crippen LogP contribution < -0.4 is 16.4 Å². The second-order valence-electron chi connectivity index (χ2n) is 9.58. The van der Waals surface area contributed by atoms with Crippen LogP contribution in [-0.4, -0.2) is 72.9 Å². The van der Waals surface area contributed by atoms with E-state index in [2.05, 4.69) is 10.6 Å². The van der Waals surface area contributed by atoms with E-state index in [9.17, 15) is 68.3 Å². The Labute approximate surface area is 263 Å². The van der Waals surface area contributed by atoms with Gasteiger partial charge in [0.15, 0.2) is 0 Å². The highest BCUT2D eigenvalue weighted by Gasteiger charge is 2.26. The largest absolute Gasteiger partial charge is 0.478 e. The fourth-order valence-corrected chi connectivity index (χ4v) is 6.20. The lowest BCUT2D eigenvalue weighted by Gasteiger charge is -2.15. The zero-order valence-electron chi connectivity index (χ0n) is 22.9. The molecule has 4 aromatic carbocycles. The Morgan fingerprint density at radius 3 is 1.51 bits per heavy atom. The van der Waals surface area contributed by atoms with Crippen LogP contribution in [0.5, 0.6) is 0 Å². The molecular formula is C26H19N3O15S3. The van der Waals surface area contributed by atoms with Crippen LogP contribution in [0.4, 0.5) is 17.1 Å². The van der Waals surface area contributed by atoms with Gasteiger partial charge in [0.2, 0.25) is 0 Å². The first-order chi connectivity index (χ1) is 21.5. The monoisotopic (exact) mass is 709 g/mol. The number of hydrogen-bond donors (Lipinski definition) is 8. The number of carboxylic acids is 2. The molecule has 4 aromatic rings. The number of carboxylic acid groups (broad SMARTS) is 2. The number of carbonyl (C=O) groups is 4. The lowest BCUT2D eigenvalue weighted by atomic mass is 10.1. The fraction of sp³-hybridized carbons (Fsp3) is 0. The maximum atomic E-state index is 13.4. The number of benzene rings is 4. The number of anilines is 3. The Bertz CT molecular complexity index is 2380. The number of aromatic carboxylic acids is 2. The maximum Gasteiger partial charge on any atom is 0.335 e. The van der Waals surface area contributed by atoms with Crippen molar-refractivity contribution in [3.8, 4) is 0 Å². The molecule has 0 saturated heterocycles. The van der Waals surface area contributed by atoms with Gasteiger partial charge in [0.05, 0.1) is 26.6 Å². The average molecular weight is 710 g/mol. The van der Waals surface area contributed by atoms with Gasteiger partial charge in [-0.2, -0.15) is 25.3 Å². The van der Waals surface area contributed by atoms with E-state index in [1.54, 1.807) is 0 Å². The van der Waals surface area contributed by atoms with Gasteiger partial charge < -0.3 is 26.6 Å². The molecule has 0 aliphatic rings. The third kappa shape index (κ3) is 7.69. The Hall–Kier alpha value is -5.45. The number of nitrogen functional groups attached to an aromatic ring is 1. The van der Waals surface area contributed by atoms with Crippen molar-refractivity contribution >= 4 is 81.9 Å². The molecule has 0 spiro atoms. The molecule has 0 fully saturated rings. The van der Waals surface area contributed by atoms with E-state index in [1.807, 2.05) is 0 Å². The summed E-state index contributed by atoms with van der Waals surface area (Å²) in [7, 11) is -15.7. The van der Waals surface area contributed by atoms with E-state index in [0.717, 1.165) is 36.4 Å². The summed E-state index contributed by atoms with van der Waals surface area (Å²) in [5.41, 5.74) is 2.73. The molecule has 9 N–H and O–H groups in total. The summed E-state index contributed by atoms with van der Waals surface area (Å²) in [5.74, 6) is -5.27. The van der Waals surface area contributed by atoms with Gasteiger partial charge in [-0.3, -0.25) is 23.2 Å². The highest BCUT2D eigenvalue weighted by atomic mass is 32.2. The molecule has 246 valence electrons. The maximum absolute atomic E-state index is 13.4. The normalized spacial score (nSPS) is 12.0. The van der Waals surface area contributed by atoms with Crippen LogP contribution in [0.2, 0.25) is 0 Å². The molecule has 0 atom stereocenters. The summed E-state index contributed by atoms with van der Waals surface area (Å²) >= 11 is 0. The van der Waals surface area contributed by atoms with E-state index < -0.39 is 96.4 Å². The number of nitrogens with one attached hydrogen (secondary N) is 2. The summed E-state index contributed by atoms with van der Waals surface area (Å²) in [4.78, 5) is 46.1. The SMILES string of the molecule is Nc1cc(C(=O)O)cc(C(=O)Nc2cc(C(=O)O)cc(C(=O)Nc3cc(S(=O)(=O)O)cc4cc(S(=O)(=O)O)cc(S(=O)(=O)O)c34)c2)c1. The minimum atomic E-state index is -5.37. The molecule has 0 bridgehead atoms. The zero-order chi connectivity index (χ0) is 35.2. The molecule has 0 aliphatic heterocycles. The van der Waals surface area contributed by atoms with Crippen molar-refractivity contribution in [2.75, 3.05) is 16.4 Å². The highest BCUT2D eigenvalue weighted by molar-refractivity contribution is 7.87. The first kappa shape index (κ1) is 34.4. The minimum absolute atomic E-state index is 0.0956. The van der Waals surface area contributed by atoms with Crippen molar-refractivity contribution < 1.29 is 68.3 Å². The van der Waals surface area contributed by atoms with Gasteiger partial charge in [-0.15, -0.1) is 0 Å². The Kier molecular flexibility index (Phi) is 8.83. The van der Waals surface area contributed by atoms with E-state index >= 15 is 0 Å². The van der Waals surface area contributed by atoms with E-state index in [0.29, 0.717) is 24.3 Å². The van der Waals surface area contributed by atoms with Crippen molar-refractivity contribution in [3.05, 3.63) is 82.9 Å². The van der Waals surface area contributed by atoms with Gasteiger partial charge >= 0.3 is 11.9 Å². The Morgan fingerprint density at radius 2 is 1.00 bits per heavy atom. The zero-order valence-corrected chi connectivity index (χ0v) is 25.3. The summed E-state index contributed by atoms with van der Waals surface area (Å²) in [5, 5.41) is 21.9. The third-order valence-corrected chi connectivity index (χ3v) is 8.79. The van der Waals surface area contributed by atoms with Crippen molar-refractivity contribution in [1.29, 1.82) is 0 Å². The topological polar surface area (TPSA) is 322 Å². The van der Waals surface area contributed by atoms with E-state index in [1.165, 1.54) is 0 Å². The van der Waals surface area contributed by atoms with Crippen LogP contribution >= 0.6 is 0 Å². The summed E-state index contributed by atoms with van der Waals surface area (Å²) < 4.78 is 101. The molecule has 0 aliphatic carbocycles. The van der Waals surface area contributed by atoms with Gasteiger partial charge in [-0.05, 0) is 66.0 Å². The number of rotatable bonds is 9. The van der Waals surface area contributed by atoms with Gasteiger partial charge in [-0.25, -0.2) is 9.59 Å². The molecule has 21 heteroatoms. The van der Waals surface area contributed by atoms with Gasteiger partial charge in [-0.1, -0.05) is 0 Å². The number of nitrogens with two attached hydrogens (primary N) is 1. The molecular weight excluding hydrogens is 690 g/mol. The number of hydrogen-bond acceptors (Lipinski definition) is 11. The predicted molar refractivity (Wildman–Crippen MR) is 161 cm³/mol. The van der Waals surface area contributed by atoms with Gasteiger partial charge in [0.1, 0.15) is 4.90 Å². The lowest BCUT2D eigenvalue weighted by Crippen LogP contribution is -2.17. The molecule has 0 heterocycles. The van der Waals surface area contributed by atoms with Crippen LogP contribution in [0.3, 0.4) is 0 Å². The molecule has 0 radical (unpaired) electrons. The lowest BCUT2D eigenvalue weighted by molar-refractivity contribution is 0.0686. The van der Waals surface area contributed by atoms with Crippen LogP contribution in [0.15, 0.2) is 75.4 Å². The number of carbonyl (C=O) groups excluding carboxylic acids is 2. The van der Waals surface area contributed by atoms with E-state index in [4.69, 9.17) is 5.73 Å². The Balaban J connectivity index is 1.87. The Morgan fingerprint density at radius 1 is 0.553 bits per heavy atom. The van der Waals surface area contributed by atoms with Crippen molar-refractivity contribution in [1.82, 2.24) is 0 Å². The second kappa shape index (κ2) is 12.1. The van der Waals surface area contributed by atoms with Crippen molar-refractivity contribution in [2.24, 2.45) is 0 Å². The summed E-state index contributed by atoms with van der Waals surface area (Å²) in [6, 6.07) is 7.81. The van der Waals surface area contributed by atoms with Crippen LogP contribution in [0.25, 0.3) is 10.8 Å². The van der Waals surface area contributed by atoms with Crippen LogP contribution in [-0.2, 0) is 30.4 Å². The predicted octanol–water partition coefficient (Wildman–Crippen LogP) is 2.06. The third-order valence-electron chi connectivity index (χ3n) is 6.25. The van der Waals surface area contributed by atoms with Gasteiger partial charge in [0.25, 0.3) is 42.2 Å². The smallest absolute Gasteiger partial charge is 0.335 e. The fourth-order valence-electron chi connectivity index (χ4n) is 4.28. The van der Waals surface area contributed by atoms with Gasteiger partial charge in [0, 0.05) is 27.9 Å². The van der Waals surface area contributed by atoms with Crippen molar-refractivity contribution in [3.63, 3.8) is 0 Å². The van der Waals surface area contributed by atoms with Crippen LogP contribution in [0, 0.1) is 0 Å². The molecule has 47 heavy (non-hydrogen) atoms. The van der Waals surface area contributed by atoms with Crippen LogP contribution in [0.1, 0.15) is 41.4 Å². The number of amides is 2. The standard InChI is InChI=1S/C26H19N3O15S3/c27-16-3-12(1-14(4-16)25(32)33)23(30)28-17-5-13(2-15(6-17)26(34)35)24(31)29-20-9-18(45(36,37)38)7-11-8-19(46(39,40)41)10-21(22(11)20)47(42,43)44/h1-10H,27H2,(H,28,30)(H,29,31)(H,32,33)(H,34,35)(H,36,37,38)(H,39,40,41)(H,42,43,44). The van der Waals surface area contributed by atoms with E-state index in [-0.39, 0.29) is 22.5 Å². The first-order valence-electron chi connectivity index (χ1n) is 12.2. The molecule has 4 rings (SSSR count). The first-order valence-corrected chi connectivity index (χ1v) is 16.6. The summed E-state index contributed by atoms with van der Waals surface area (Å²) in [6.07, 6.45) is 0. The molecule has 0 unspecified atom stereocenters. The molecule has 18 nitrogen and oxygen atoms in total. The molecule has 0 saturated carbocycles. The quantitative estimate of drug-likeness (QED) is 0.0910. The average Bonchev–Trinajstić information content (AvgIpc) is 2.94. The molecule has 0 aromatic heterocycles. The second-order valence-corrected chi connectivity index (χ2v) is 13.8.